The first kappa shape index (κ1) is 16.0. The van der Waals surface area contributed by atoms with Crippen LogP contribution < -0.4 is 4.74 Å². The number of thiazole rings is 1. The van der Waals surface area contributed by atoms with E-state index in [4.69, 9.17) is 9.47 Å². The number of benzene rings is 1. The second kappa shape index (κ2) is 7.10. The molecule has 2 aromatic rings. The van der Waals surface area contributed by atoms with E-state index in [9.17, 15) is 4.79 Å². The molecule has 122 valence electrons. The van der Waals surface area contributed by atoms with Crippen LogP contribution in [0.4, 0.5) is 0 Å². The molecule has 0 N–H and O–H groups in total. The molecule has 0 radical (unpaired) electrons. The highest BCUT2D eigenvalue weighted by Crippen LogP contribution is 2.17. The largest absolute Gasteiger partial charge is 0.487 e. The quantitative estimate of drug-likeness (QED) is 0.864. The predicted octanol–water partition coefficient (Wildman–Crippen LogP) is 2.89. The average Bonchev–Trinajstić information content (AvgIpc) is 2.98. The van der Waals surface area contributed by atoms with Gasteiger partial charge in [0, 0.05) is 24.0 Å². The fourth-order valence-electron chi connectivity index (χ4n) is 2.51. The molecule has 1 fully saturated rings. The Balaban J connectivity index is 1.59. The van der Waals surface area contributed by atoms with Gasteiger partial charge >= 0.3 is 0 Å². The molecule has 0 saturated carbocycles. The molecular formula is C17H20N2O3S. The number of nitrogens with zero attached hydrogens (tertiary/aromatic N) is 2. The van der Waals surface area contributed by atoms with Gasteiger partial charge in [-0.25, -0.2) is 4.98 Å². The Morgan fingerprint density at radius 1 is 1.43 bits per heavy atom. The number of aryl methyl sites for hydroxylation is 1. The van der Waals surface area contributed by atoms with Crippen molar-refractivity contribution in [2.24, 2.45) is 0 Å². The monoisotopic (exact) mass is 332 g/mol. The Bertz CT molecular complexity index is 669. The summed E-state index contributed by atoms with van der Waals surface area (Å²) in [5.74, 6) is 0.782. The molecule has 1 aliphatic heterocycles. The van der Waals surface area contributed by atoms with Gasteiger partial charge in [-0.05, 0) is 38.1 Å². The van der Waals surface area contributed by atoms with Gasteiger partial charge in [-0.15, -0.1) is 11.3 Å². The second-order valence-electron chi connectivity index (χ2n) is 5.60. The fourth-order valence-corrected chi connectivity index (χ4v) is 3.11. The van der Waals surface area contributed by atoms with Crippen molar-refractivity contribution in [1.29, 1.82) is 0 Å². The highest BCUT2D eigenvalue weighted by Gasteiger charge is 2.22. The minimum Gasteiger partial charge on any atom is -0.487 e. The van der Waals surface area contributed by atoms with Gasteiger partial charge in [-0.1, -0.05) is 0 Å². The molecule has 1 aromatic carbocycles. The van der Waals surface area contributed by atoms with E-state index < -0.39 is 0 Å². The van der Waals surface area contributed by atoms with Gasteiger partial charge in [-0.3, -0.25) is 4.79 Å². The molecule has 1 aromatic heterocycles. The first-order valence-electron chi connectivity index (χ1n) is 7.66. The average molecular weight is 332 g/mol. The van der Waals surface area contributed by atoms with E-state index in [-0.39, 0.29) is 12.0 Å². The Morgan fingerprint density at radius 3 is 2.87 bits per heavy atom. The van der Waals surface area contributed by atoms with Crippen LogP contribution in [0, 0.1) is 6.92 Å². The second-order valence-corrected chi connectivity index (χ2v) is 6.67. The maximum atomic E-state index is 12.5. The molecule has 23 heavy (non-hydrogen) atoms. The molecule has 5 nitrogen and oxygen atoms in total. The Kier molecular flexibility index (Phi) is 4.93. The van der Waals surface area contributed by atoms with Gasteiger partial charge in [0.1, 0.15) is 12.4 Å². The van der Waals surface area contributed by atoms with Crippen molar-refractivity contribution in [2.45, 2.75) is 26.6 Å². The Labute approximate surface area is 139 Å². The van der Waals surface area contributed by atoms with E-state index in [1.165, 1.54) is 0 Å². The maximum absolute atomic E-state index is 12.5. The summed E-state index contributed by atoms with van der Waals surface area (Å²) in [6.07, 6.45) is 0.0943. The third kappa shape index (κ3) is 4.09. The minimum absolute atomic E-state index is 0.0434. The highest BCUT2D eigenvalue weighted by atomic mass is 32.1. The highest BCUT2D eigenvalue weighted by molar-refractivity contribution is 7.09. The zero-order valence-electron chi connectivity index (χ0n) is 13.3. The minimum atomic E-state index is 0.0434. The summed E-state index contributed by atoms with van der Waals surface area (Å²) in [7, 11) is 0. The van der Waals surface area contributed by atoms with Crippen molar-refractivity contribution >= 4 is 17.2 Å². The molecular weight excluding hydrogens is 312 g/mol. The van der Waals surface area contributed by atoms with Crippen LogP contribution in [0.3, 0.4) is 0 Å². The molecule has 0 unspecified atom stereocenters. The van der Waals surface area contributed by atoms with Crippen LogP contribution in [0.2, 0.25) is 0 Å². The van der Waals surface area contributed by atoms with E-state index >= 15 is 0 Å². The van der Waals surface area contributed by atoms with Gasteiger partial charge in [0.15, 0.2) is 0 Å². The van der Waals surface area contributed by atoms with Crippen LogP contribution in [0.5, 0.6) is 5.75 Å². The van der Waals surface area contributed by atoms with Crippen molar-refractivity contribution in [2.75, 3.05) is 19.7 Å². The third-order valence-electron chi connectivity index (χ3n) is 3.68. The standard InChI is InChI=1S/C17H20N2O3S/c1-12-9-19(7-8-21-12)17(20)14-3-5-16(6-4-14)22-10-15-11-23-13(2)18-15/h3-6,11-12H,7-10H2,1-2H3/t12-/m1/s1. The first-order valence-corrected chi connectivity index (χ1v) is 8.54. The Hall–Kier alpha value is -1.92. The summed E-state index contributed by atoms with van der Waals surface area (Å²) in [4.78, 5) is 18.7. The van der Waals surface area contributed by atoms with Crippen LogP contribution in [0.15, 0.2) is 29.6 Å². The first-order chi connectivity index (χ1) is 11.1. The van der Waals surface area contributed by atoms with Crippen LogP contribution in [0.25, 0.3) is 0 Å². The molecule has 6 heteroatoms. The van der Waals surface area contributed by atoms with Gasteiger partial charge < -0.3 is 14.4 Å². The lowest BCUT2D eigenvalue weighted by molar-refractivity contribution is -0.0124. The van der Waals surface area contributed by atoms with Crippen molar-refractivity contribution in [3.8, 4) is 5.75 Å². The molecule has 0 bridgehead atoms. The summed E-state index contributed by atoms with van der Waals surface area (Å²) in [5, 5.41) is 3.02. The maximum Gasteiger partial charge on any atom is 0.254 e. The van der Waals surface area contributed by atoms with Crippen molar-refractivity contribution in [1.82, 2.24) is 9.88 Å². The van der Waals surface area contributed by atoms with E-state index in [0.717, 1.165) is 16.5 Å². The summed E-state index contributed by atoms with van der Waals surface area (Å²) < 4.78 is 11.2. The molecule has 1 amide bonds. The van der Waals surface area contributed by atoms with Crippen LogP contribution >= 0.6 is 11.3 Å². The van der Waals surface area contributed by atoms with Crippen LogP contribution in [-0.4, -0.2) is 41.6 Å². The van der Waals surface area contributed by atoms with Gasteiger partial charge in [-0.2, -0.15) is 0 Å². The van der Waals surface area contributed by atoms with Gasteiger partial charge in [0.25, 0.3) is 5.91 Å². The SMILES string of the molecule is Cc1nc(COc2ccc(C(=O)N3CCO[C@H](C)C3)cc2)cs1. The molecule has 0 aliphatic carbocycles. The molecule has 3 rings (SSSR count). The number of rotatable bonds is 4. The van der Waals surface area contributed by atoms with Crippen molar-refractivity contribution in [3.05, 3.63) is 45.9 Å². The third-order valence-corrected chi connectivity index (χ3v) is 4.51. The summed E-state index contributed by atoms with van der Waals surface area (Å²) >= 11 is 1.61. The van der Waals surface area contributed by atoms with E-state index in [1.807, 2.05) is 48.4 Å². The Morgan fingerprint density at radius 2 is 2.22 bits per heavy atom. The zero-order chi connectivity index (χ0) is 16.2. The predicted molar refractivity (Wildman–Crippen MR) is 88.9 cm³/mol. The van der Waals surface area contributed by atoms with Crippen LogP contribution in [0.1, 0.15) is 28.0 Å². The van der Waals surface area contributed by atoms with Crippen molar-refractivity contribution in [3.63, 3.8) is 0 Å². The lowest BCUT2D eigenvalue weighted by Gasteiger charge is -2.31. The summed E-state index contributed by atoms with van der Waals surface area (Å²) in [6.45, 7) is 6.28. The van der Waals surface area contributed by atoms with E-state index in [1.54, 1.807) is 11.3 Å². The number of carbonyl (C=O) groups is 1. The number of amides is 1. The number of hydrogen-bond donors (Lipinski definition) is 0. The molecule has 2 heterocycles. The number of aromatic nitrogens is 1. The van der Waals surface area contributed by atoms with Gasteiger partial charge in [0.2, 0.25) is 0 Å². The smallest absolute Gasteiger partial charge is 0.254 e. The normalized spacial score (nSPS) is 18.0. The fraction of sp³-hybridized carbons (Fsp3) is 0.412. The van der Waals surface area contributed by atoms with E-state index in [2.05, 4.69) is 4.98 Å². The number of hydrogen-bond acceptors (Lipinski definition) is 5. The molecule has 0 spiro atoms. The van der Waals surface area contributed by atoms with Gasteiger partial charge in [0.05, 0.1) is 23.4 Å². The molecule has 1 atom stereocenters. The molecule has 1 saturated heterocycles. The number of ether oxygens (including phenoxy) is 2. The lowest BCUT2D eigenvalue weighted by Crippen LogP contribution is -2.44. The number of carbonyl (C=O) groups excluding carboxylic acids is 1. The summed E-state index contributed by atoms with van der Waals surface area (Å²) in [5.41, 5.74) is 1.60. The molecule has 1 aliphatic rings. The zero-order valence-corrected chi connectivity index (χ0v) is 14.1. The van der Waals surface area contributed by atoms with Crippen molar-refractivity contribution < 1.29 is 14.3 Å². The topological polar surface area (TPSA) is 51.7 Å². The van der Waals surface area contributed by atoms with E-state index in [0.29, 0.717) is 31.9 Å². The van der Waals surface area contributed by atoms with Crippen LogP contribution in [-0.2, 0) is 11.3 Å². The summed E-state index contributed by atoms with van der Waals surface area (Å²) in [6, 6.07) is 7.28. The number of morpholine rings is 1. The lowest BCUT2D eigenvalue weighted by atomic mass is 10.1.